The minimum absolute atomic E-state index is 0.377. The lowest BCUT2D eigenvalue weighted by atomic mass is 10.2. The largest absolute Gasteiger partial charge is 0.294 e. The molecule has 1 aromatic heterocycles. The first kappa shape index (κ1) is 11.7. The third-order valence-corrected chi connectivity index (χ3v) is 1.84. The standard InChI is InChI=1S/C7H4ClF3N2O2/c8-2-4-5(13(14)15)1-3(9)6(12-4)7(10)11/h1,7H,2H2. The Labute approximate surface area is 86.8 Å². The number of halogens is 4. The van der Waals surface area contributed by atoms with E-state index in [1.807, 2.05) is 0 Å². The molecule has 0 atom stereocenters. The Hall–Kier alpha value is -1.37. The Morgan fingerprint density at radius 2 is 2.20 bits per heavy atom. The van der Waals surface area contributed by atoms with E-state index in [2.05, 4.69) is 4.98 Å². The lowest BCUT2D eigenvalue weighted by Crippen LogP contribution is -2.03. The number of hydrogen-bond donors (Lipinski definition) is 0. The van der Waals surface area contributed by atoms with Crippen molar-refractivity contribution < 1.29 is 18.1 Å². The molecule has 1 rings (SSSR count). The van der Waals surface area contributed by atoms with E-state index in [9.17, 15) is 23.3 Å². The van der Waals surface area contributed by atoms with Gasteiger partial charge in [0.05, 0.1) is 16.9 Å². The van der Waals surface area contributed by atoms with Crippen LogP contribution >= 0.6 is 11.6 Å². The van der Waals surface area contributed by atoms with Crippen LogP contribution in [0.2, 0.25) is 0 Å². The predicted octanol–water partition coefficient (Wildman–Crippen LogP) is 2.81. The summed E-state index contributed by atoms with van der Waals surface area (Å²) >= 11 is 5.27. The highest BCUT2D eigenvalue weighted by Gasteiger charge is 2.23. The zero-order chi connectivity index (χ0) is 11.6. The zero-order valence-electron chi connectivity index (χ0n) is 7.08. The van der Waals surface area contributed by atoms with Crippen molar-refractivity contribution in [3.8, 4) is 0 Å². The molecule has 0 unspecified atom stereocenters. The minimum Gasteiger partial charge on any atom is -0.258 e. The van der Waals surface area contributed by atoms with Crippen LogP contribution in [0.4, 0.5) is 18.9 Å². The highest BCUT2D eigenvalue weighted by molar-refractivity contribution is 6.17. The summed E-state index contributed by atoms with van der Waals surface area (Å²) in [7, 11) is 0. The van der Waals surface area contributed by atoms with Crippen molar-refractivity contribution in [1.82, 2.24) is 4.98 Å². The summed E-state index contributed by atoms with van der Waals surface area (Å²) in [5.41, 5.74) is -2.21. The van der Waals surface area contributed by atoms with Gasteiger partial charge in [0.15, 0.2) is 5.82 Å². The summed E-state index contributed by atoms with van der Waals surface area (Å²) < 4.78 is 37.2. The molecular weight excluding hydrogens is 237 g/mol. The van der Waals surface area contributed by atoms with Crippen molar-refractivity contribution in [2.24, 2.45) is 0 Å². The van der Waals surface area contributed by atoms with Gasteiger partial charge < -0.3 is 0 Å². The maximum atomic E-state index is 12.9. The molecule has 0 aliphatic carbocycles. The number of hydrogen-bond acceptors (Lipinski definition) is 3. The van der Waals surface area contributed by atoms with Gasteiger partial charge in [-0.15, -0.1) is 11.6 Å². The molecule has 82 valence electrons. The number of nitrogens with zero attached hydrogens (tertiary/aromatic N) is 2. The summed E-state index contributed by atoms with van der Waals surface area (Å²) in [6.45, 7) is 0. The predicted molar refractivity (Wildman–Crippen MR) is 45.4 cm³/mol. The molecule has 0 saturated carbocycles. The second kappa shape index (κ2) is 4.43. The lowest BCUT2D eigenvalue weighted by molar-refractivity contribution is -0.386. The molecule has 0 aliphatic heterocycles. The smallest absolute Gasteiger partial charge is 0.258 e. The van der Waals surface area contributed by atoms with Crippen molar-refractivity contribution >= 4 is 17.3 Å². The fraction of sp³-hybridized carbons (Fsp3) is 0.286. The van der Waals surface area contributed by atoms with Crippen molar-refractivity contribution in [2.45, 2.75) is 12.3 Å². The number of pyridine rings is 1. The molecule has 0 spiro atoms. The summed E-state index contributed by atoms with van der Waals surface area (Å²) in [4.78, 5) is 12.6. The first-order valence-corrected chi connectivity index (χ1v) is 4.18. The Morgan fingerprint density at radius 3 is 2.60 bits per heavy atom. The summed E-state index contributed by atoms with van der Waals surface area (Å²) in [5.74, 6) is -1.85. The molecule has 1 heterocycles. The molecule has 0 fully saturated rings. The van der Waals surface area contributed by atoms with E-state index in [1.54, 1.807) is 0 Å². The second-order valence-electron chi connectivity index (χ2n) is 2.51. The second-order valence-corrected chi connectivity index (χ2v) is 2.78. The van der Waals surface area contributed by atoms with Crippen LogP contribution < -0.4 is 0 Å². The van der Waals surface area contributed by atoms with Crippen LogP contribution in [-0.4, -0.2) is 9.91 Å². The average Bonchev–Trinajstić information content (AvgIpc) is 2.16. The zero-order valence-corrected chi connectivity index (χ0v) is 7.84. The van der Waals surface area contributed by atoms with Gasteiger partial charge in [-0.25, -0.2) is 18.2 Å². The quantitative estimate of drug-likeness (QED) is 0.464. The number of aromatic nitrogens is 1. The highest BCUT2D eigenvalue weighted by atomic mass is 35.5. The Morgan fingerprint density at radius 1 is 1.60 bits per heavy atom. The van der Waals surface area contributed by atoms with Gasteiger partial charge in [0, 0.05) is 0 Å². The van der Waals surface area contributed by atoms with E-state index in [4.69, 9.17) is 11.6 Å². The summed E-state index contributed by atoms with van der Waals surface area (Å²) in [5, 5.41) is 10.4. The van der Waals surface area contributed by atoms with Gasteiger partial charge in [-0.2, -0.15) is 0 Å². The molecule has 0 amide bonds. The number of nitro groups is 1. The third kappa shape index (κ3) is 2.35. The summed E-state index contributed by atoms with van der Waals surface area (Å²) in [6, 6.07) is 0.395. The average molecular weight is 241 g/mol. The topological polar surface area (TPSA) is 56.0 Å². The van der Waals surface area contributed by atoms with Gasteiger partial charge >= 0.3 is 0 Å². The SMILES string of the molecule is O=[N+]([O-])c1cc(F)c(C(F)F)nc1CCl. The molecule has 0 aliphatic rings. The maximum Gasteiger partial charge on any atom is 0.294 e. The van der Waals surface area contributed by atoms with Crippen LogP contribution in [0.25, 0.3) is 0 Å². The number of rotatable bonds is 3. The van der Waals surface area contributed by atoms with E-state index < -0.39 is 34.4 Å². The lowest BCUT2D eigenvalue weighted by Gasteiger charge is -2.03. The van der Waals surface area contributed by atoms with E-state index in [0.29, 0.717) is 6.07 Å². The summed E-state index contributed by atoms with van der Waals surface area (Å²) in [6.07, 6.45) is -3.13. The van der Waals surface area contributed by atoms with E-state index in [0.717, 1.165) is 0 Å². The van der Waals surface area contributed by atoms with Crippen molar-refractivity contribution in [3.05, 3.63) is 33.4 Å². The van der Waals surface area contributed by atoms with Gasteiger partial charge in [-0.3, -0.25) is 10.1 Å². The molecule has 1 aromatic rings. The molecule has 0 saturated heterocycles. The van der Waals surface area contributed by atoms with E-state index >= 15 is 0 Å². The van der Waals surface area contributed by atoms with Crippen LogP contribution in [-0.2, 0) is 5.88 Å². The molecule has 4 nitrogen and oxygen atoms in total. The molecule has 0 aromatic carbocycles. The van der Waals surface area contributed by atoms with Crippen LogP contribution in [0, 0.1) is 15.9 Å². The molecule has 0 radical (unpaired) electrons. The molecule has 0 N–H and O–H groups in total. The van der Waals surface area contributed by atoms with Gasteiger partial charge in [0.1, 0.15) is 11.4 Å². The first-order valence-electron chi connectivity index (χ1n) is 3.65. The van der Waals surface area contributed by atoms with Gasteiger partial charge in [-0.05, 0) is 0 Å². The monoisotopic (exact) mass is 240 g/mol. The molecule has 15 heavy (non-hydrogen) atoms. The van der Waals surface area contributed by atoms with Gasteiger partial charge in [0.25, 0.3) is 12.1 Å². The number of alkyl halides is 3. The minimum atomic E-state index is -3.13. The molecule has 0 bridgehead atoms. The first-order chi connectivity index (χ1) is 6.97. The van der Waals surface area contributed by atoms with Gasteiger partial charge in [-0.1, -0.05) is 0 Å². The van der Waals surface area contributed by atoms with Crippen LogP contribution in [0.1, 0.15) is 17.8 Å². The maximum absolute atomic E-state index is 12.9. The van der Waals surface area contributed by atoms with Crippen LogP contribution in [0.5, 0.6) is 0 Å². The fourth-order valence-corrected chi connectivity index (χ4v) is 1.14. The third-order valence-electron chi connectivity index (χ3n) is 1.59. The van der Waals surface area contributed by atoms with Crippen molar-refractivity contribution in [3.63, 3.8) is 0 Å². The molecule has 8 heteroatoms. The Balaban J connectivity index is 3.35. The van der Waals surface area contributed by atoms with Crippen LogP contribution in [0.3, 0.4) is 0 Å². The Kier molecular flexibility index (Phi) is 3.46. The normalized spacial score (nSPS) is 10.7. The van der Waals surface area contributed by atoms with Crippen molar-refractivity contribution in [1.29, 1.82) is 0 Å². The van der Waals surface area contributed by atoms with Crippen molar-refractivity contribution in [2.75, 3.05) is 0 Å². The van der Waals surface area contributed by atoms with Crippen LogP contribution in [0.15, 0.2) is 6.07 Å². The Bertz CT molecular complexity index is 400. The fourth-order valence-electron chi connectivity index (χ4n) is 0.943. The van der Waals surface area contributed by atoms with Gasteiger partial charge in [0.2, 0.25) is 0 Å². The highest BCUT2D eigenvalue weighted by Crippen LogP contribution is 2.26. The van der Waals surface area contributed by atoms with E-state index in [-0.39, 0.29) is 5.69 Å². The molecular formula is C7H4ClF3N2O2. The van der Waals surface area contributed by atoms with E-state index in [1.165, 1.54) is 0 Å².